The van der Waals surface area contributed by atoms with Crippen LogP contribution in [0.25, 0.3) is 0 Å². The summed E-state index contributed by atoms with van der Waals surface area (Å²) in [6.45, 7) is 4.55. The zero-order valence-electron chi connectivity index (χ0n) is 10.4. The second-order valence-corrected chi connectivity index (χ2v) is 5.03. The van der Waals surface area contributed by atoms with Crippen molar-refractivity contribution in [3.8, 4) is 0 Å². The van der Waals surface area contributed by atoms with Gasteiger partial charge in [-0.05, 0) is 19.9 Å². The van der Waals surface area contributed by atoms with Gasteiger partial charge in [-0.25, -0.2) is 4.98 Å². The van der Waals surface area contributed by atoms with Crippen molar-refractivity contribution in [2.24, 2.45) is 0 Å². The Bertz CT molecular complexity index is 397. The number of hydrogen-bond donors (Lipinski definition) is 2. The van der Waals surface area contributed by atoms with Gasteiger partial charge in [-0.15, -0.1) is 0 Å². The predicted octanol–water partition coefficient (Wildman–Crippen LogP) is 3.27. The van der Waals surface area contributed by atoms with Gasteiger partial charge in [-0.2, -0.15) is 0 Å². The van der Waals surface area contributed by atoms with Gasteiger partial charge < -0.3 is 15.4 Å². The molecular weight excluding hydrogens is 261 g/mol. The zero-order chi connectivity index (χ0) is 13.1. The number of ether oxygens (including phenoxy) is 1. The number of nitrogens with zero attached hydrogens (tertiary/aromatic N) is 1. The molecule has 1 aromatic rings. The lowest BCUT2D eigenvalue weighted by molar-refractivity contribution is 0.0343. The third kappa shape index (κ3) is 3.91. The van der Waals surface area contributed by atoms with E-state index in [1.54, 1.807) is 20.2 Å². The lowest BCUT2D eigenvalue weighted by atomic mass is 10.1. The zero-order valence-corrected chi connectivity index (χ0v) is 11.9. The molecule has 1 rings (SSSR count). The van der Waals surface area contributed by atoms with E-state index in [1.165, 1.54) is 0 Å². The fourth-order valence-electron chi connectivity index (χ4n) is 1.13. The van der Waals surface area contributed by atoms with Crippen LogP contribution in [0.2, 0.25) is 10.0 Å². The SMILES string of the molecule is CNc1nc(NCC(C)(C)OC)c(Cl)cc1Cl. The van der Waals surface area contributed by atoms with E-state index >= 15 is 0 Å². The number of rotatable bonds is 5. The number of methoxy groups -OCH3 is 1. The summed E-state index contributed by atoms with van der Waals surface area (Å²) in [5, 5.41) is 7.02. The minimum absolute atomic E-state index is 0.287. The highest BCUT2D eigenvalue weighted by atomic mass is 35.5. The number of pyridine rings is 1. The summed E-state index contributed by atoms with van der Waals surface area (Å²) in [6, 6.07) is 1.66. The van der Waals surface area contributed by atoms with Crippen LogP contribution in [0.5, 0.6) is 0 Å². The van der Waals surface area contributed by atoms with E-state index in [2.05, 4.69) is 15.6 Å². The fourth-order valence-corrected chi connectivity index (χ4v) is 1.65. The van der Waals surface area contributed by atoms with Crippen LogP contribution in [-0.2, 0) is 4.74 Å². The molecule has 96 valence electrons. The standard InChI is InChI=1S/C11H17Cl2N3O/c1-11(2,17-4)6-15-10-8(13)5-7(12)9(14-3)16-10/h5H,6H2,1-4H3,(H2,14,15,16). The van der Waals surface area contributed by atoms with Gasteiger partial charge in [0, 0.05) is 20.7 Å². The van der Waals surface area contributed by atoms with E-state index in [1.807, 2.05) is 13.8 Å². The molecule has 0 aliphatic carbocycles. The number of halogens is 2. The maximum atomic E-state index is 6.05. The highest BCUT2D eigenvalue weighted by Crippen LogP contribution is 2.29. The normalized spacial score (nSPS) is 11.4. The molecule has 0 aliphatic rings. The summed E-state index contributed by atoms with van der Waals surface area (Å²) >= 11 is 12.0. The topological polar surface area (TPSA) is 46.2 Å². The van der Waals surface area contributed by atoms with Gasteiger partial charge in [-0.3, -0.25) is 0 Å². The van der Waals surface area contributed by atoms with Gasteiger partial charge in [0.15, 0.2) is 0 Å². The molecule has 0 atom stereocenters. The van der Waals surface area contributed by atoms with Crippen LogP contribution in [0.4, 0.5) is 11.6 Å². The molecule has 1 aromatic heterocycles. The number of nitrogens with one attached hydrogen (secondary N) is 2. The number of anilines is 2. The first-order valence-corrected chi connectivity index (χ1v) is 5.98. The minimum atomic E-state index is -0.287. The van der Waals surface area contributed by atoms with Crippen molar-refractivity contribution >= 4 is 34.8 Å². The largest absolute Gasteiger partial charge is 0.377 e. The Kier molecular flexibility index (Phi) is 4.86. The second-order valence-electron chi connectivity index (χ2n) is 4.22. The number of aromatic nitrogens is 1. The molecule has 0 saturated heterocycles. The average Bonchev–Trinajstić information content (AvgIpc) is 2.28. The van der Waals surface area contributed by atoms with Crippen LogP contribution < -0.4 is 10.6 Å². The maximum Gasteiger partial charge on any atom is 0.147 e. The first kappa shape index (κ1) is 14.4. The molecule has 4 nitrogen and oxygen atoms in total. The van der Waals surface area contributed by atoms with Crippen molar-refractivity contribution < 1.29 is 4.74 Å². The number of hydrogen-bond acceptors (Lipinski definition) is 4. The quantitative estimate of drug-likeness (QED) is 0.867. The minimum Gasteiger partial charge on any atom is -0.377 e. The van der Waals surface area contributed by atoms with E-state index in [0.29, 0.717) is 28.2 Å². The molecule has 0 bridgehead atoms. The molecule has 0 aliphatic heterocycles. The molecule has 6 heteroatoms. The molecule has 0 saturated carbocycles. The van der Waals surface area contributed by atoms with Crippen LogP contribution in [0.3, 0.4) is 0 Å². The molecule has 0 amide bonds. The van der Waals surface area contributed by atoms with E-state index in [4.69, 9.17) is 27.9 Å². The van der Waals surface area contributed by atoms with Crippen molar-refractivity contribution in [2.75, 3.05) is 31.3 Å². The van der Waals surface area contributed by atoms with Crippen LogP contribution in [-0.4, -0.2) is 31.3 Å². The van der Waals surface area contributed by atoms with Gasteiger partial charge in [0.25, 0.3) is 0 Å². The monoisotopic (exact) mass is 277 g/mol. The van der Waals surface area contributed by atoms with Crippen molar-refractivity contribution in [3.63, 3.8) is 0 Å². The molecule has 0 radical (unpaired) electrons. The highest BCUT2D eigenvalue weighted by molar-refractivity contribution is 6.37. The van der Waals surface area contributed by atoms with Crippen molar-refractivity contribution in [2.45, 2.75) is 19.4 Å². The smallest absolute Gasteiger partial charge is 0.147 e. The molecule has 0 aromatic carbocycles. The van der Waals surface area contributed by atoms with E-state index in [-0.39, 0.29) is 5.60 Å². The summed E-state index contributed by atoms with van der Waals surface area (Å²) in [5.74, 6) is 1.18. The Hall–Kier alpha value is -0.710. The van der Waals surface area contributed by atoms with Crippen molar-refractivity contribution in [3.05, 3.63) is 16.1 Å². The summed E-state index contributed by atoms with van der Waals surface area (Å²) in [6.07, 6.45) is 0. The van der Waals surface area contributed by atoms with Gasteiger partial charge in [0.05, 0.1) is 15.6 Å². The first-order valence-electron chi connectivity index (χ1n) is 5.22. The average molecular weight is 278 g/mol. The molecule has 0 fully saturated rings. The third-order valence-electron chi connectivity index (χ3n) is 2.40. The fraction of sp³-hybridized carbons (Fsp3) is 0.545. The summed E-state index contributed by atoms with van der Waals surface area (Å²) in [5.41, 5.74) is -0.287. The van der Waals surface area contributed by atoms with Gasteiger partial charge >= 0.3 is 0 Å². The maximum absolute atomic E-state index is 6.05. The van der Waals surface area contributed by atoms with Crippen LogP contribution in [0.15, 0.2) is 6.07 Å². The molecular formula is C11H17Cl2N3O. The summed E-state index contributed by atoms with van der Waals surface area (Å²) in [4.78, 5) is 4.29. The van der Waals surface area contributed by atoms with Gasteiger partial charge in [-0.1, -0.05) is 23.2 Å². The Morgan fingerprint density at radius 1 is 1.29 bits per heavy atom. The molecule has 0 spiro atoms. The van der Waals surface area contributed by atoms with Crippen LogP contribution >= 0.6 is 23.2 Å². The Morgan fingerprint density at radius 2 is 1.88 bits per heavy atom. The Morgan fingerprint density at radius 3 is 2.41 bits per heavy atom. The molecule has 17 heavy (non-hydrogen) atoms. The Labute approximate surface area is 112 Å². The van der Waals surface area contributed by atoms with Gasteiger partial charge in [0.2, 0.25) is 0 Å². The third-order valence-corrected chi connectivity index (χ3v) is 2.98. The molecule has 2 N–H and O–H groups in total. The molecule has 0 unspecified atom stereocenters. The van der Waals surface area contributed by atoms with Crippen molar-refractivity contribution in [1.82, 2.24) is 4.98 Å². The van der Waals surface area contributed by atoms with Crippen LogP contribution in [0, 0.1) is 0 Å². The van der Waals surface area contributed by atoms with Crippen molar-refractivity contribution in [1.29, 1.82) is 0 Å². The lowest BCUT2D eigenvalue weighted by Crippen LogP contribution is -2.32. The van der Waals surface area contributed by atoms with E-state index in [9.17, 15) is 0 Å². The predicted molar refractivity (Wildman–Crippen MR) is 73.4 cm³/mol. The van der Waals surface area contributed by atoms with Crippen LogP contribution in [0.1, 0.15) is 13.8 Å². The van der Waals surface area contributed by atoms with E-state index < -0.39 is 0 Å². The summed E-state index contributed by atoms with van der Waals surface area (Å²) < 4.78 is 5.30. The second kappa shape index (κ2) is 5.76. The summed E-state index contributed by atoms with van der Waals surface area (Å²) in [7, 11) is 3.42. The molecule has 1 heterocycles. The first-order chi connectivity index (χ1) is 7.89. The lowest BCUT2D eigenvalue weighted by Gasteiger charge is -2.23. The highest BCUT2D eigenvalue weighted by Gasteiger charge is 2.17. The van der Waals surface area contributed by atoms with E-state index in [0.717, 1.165) is 0 Å². The van der Waals surface area contributed by atoms with Gasteiger partial charge in [0.1, 0.15) is 11.6 Å². The Balaban J connectivity index is 2.84.